The number of esters is 1. The maximum Gasteiger partial charge on any atom is 0.328 e. The highest BCUT2D eigenvalue weighted by Crippen LogP contribution is 2.34. The van der Waals surface area contributed by atoms with E-state index >= 15 is 0 Å². The van der Waals surface area contributed by atoms with Crippen LogP contribution in [0.25, 0.3) is 20.1 Å². The summed E-state index contributed by atoms with van der Waals surface area (Å²) in [7, 11) is 1.33. The summed E-state index contributed by atoms with van der Waals surface area (Å²) in [5.74, 6) is -0.422. The van der Waals surface area contributed by atoms with Crippen LogP contribution in [0, 0.1) is 5.92 Å². The van der Waals surface area contributed by atoms with Crippen molar-refractivity contribution in [2.45, 2.75) is 26.3 Å². The number of methoxy groups -OCH3 is 1. The highest BCUT2D eigenvalue weighted by molar-refractivity contribution is 7.26. The van der Waals surface area contributed by atoms with Gasteiger partial charge in [-0.3, -0.25) is 4.79 Å². The molecule has 0 fully saturated rings. The van der Waals surface area contributed by atoms with Gasteiger partial charge in [-0.05, 0) is 36.6 Å². The van der Waals surface area contributed by atoms with Crippen molar-refractivity contribution >= 4 is 44.8 Å². The molecule has 0 saturated heterocycles. The third kappa shape index (κ3) is 4.11. The average Bonchev–Trinajstić information content (AvgIpc) is 3.26. The molecule has 0 radical (unpaired) electrons. The molecule has 1 atom stereocenters. The molecule has 5 nitrogen and oxygen atoms in total. The zero-order valence-corrected chi connectivity index (χ0v) is 16.4. The molecule has 2 aromatic heterocycles. The Morgan fingerprint density at radius 2 is 1.92 bits per heavy atom. The standard InChI is InChI=1S/C19H20N2O3S2/c1-11(2)10-13(19(23)24-3)20-17(22)15-8-9-16(25-15)18-21-12-6-4-5-7-14(12)26-18/h4-9,11,13H,10H2,1-3H3,(H,20,22). The number of thiophene rings is 1. The van der Waals surface area contributed by atoms with E-state index < -0.39 is 12.0 Å². The Morgan fingerprint density at radius 1 is 1.15 bits per heavy atom. The van der Waals surface area contributed by atoms with Crippen LogP contribution in [-0.4, -0.2) is 30.0 Å². The van der Waals surface area contributed by atoms with Crippen molar-refractivity contribution in [1.82, 2.24) is 10.3 Å². The van der Waals surface area contributed by atoms with Crippen molar-refractivity contribution in [3.05, 3.63) is 41.3 Å². The lowest BCUT2D eigenvalue weighted by Crippen LogP contribution is -2.42. The molecule has 7 heteroatoms. The molecule has 2 heterocycles. The van der Waals surface area contributed by atoms with Gasteiger partial charge in [-0.15, -0.1) is 22.7 Å². The van der Waals surface area contributed by atoms with E-state index in [9.17, 15) is 9.59 Å². The summed E-state index contributed by atoms with van der Waals surface area (Å²) in [6.07, 6.45) is 0.536. The van der Waals surface area contributed by atoms with Crippen LogP contribution in [0.15, 0.2) is 36.4 Å². The van der Waals surface area contributed by atoms with Crippen LogP contribution >= 0.6 is 22.7 Å². The fourth-order valence-electron chi connectivity index (χ4n) is 2.61. The molecule has 1 aromatic carbocycles. The summed E-state index contributed by atoms with van der Waals surface area (Å²) >= 11 is 2.97. The third-order valence-electron chi connectivity index (χ3n) is 3.83. The molecule has 0 aliphatic heterocycles. The molecule has 136 valence electrons. The smallest absolute Gasteiger partial charge is 0.328 e. The molecule has 0 bridgehead atoms. The van der Waals surface area contributed by atoms with Gasteiger partial charge in [-0.1, -0.05) is 26.0 Å². The highest BCUT2D eigenvalue weighted by atomic mass is 32.1. The summed E-state index contributed by atoms with van der Waals surface area (Å²) in [6, 6.07) is 11.0. The molecule has 26 heavy (non-hydrogen) atoms. The van der Waals surface area contributed by atoms with Gasteiger partial charge in [0, 0.05) is 0 Å². The quantitative estimate of drug-likeness (QED) is 0.638. The first-order valence-electron chi connectivity index (χ1n) is 8.32. The normalized spacial score (nSPS) is 12.3. The van der Waals surface area contributed by atoms with Crippen molar-refractivity contribution in [2.24, 2.45) is 5.92 Å². The van der Waals surface area contributed by atoms with Crippen LogP contribution in [0.3, 0.4) is 0 Å². The topological polar surface area (TPSA) is 68.3 Å². The van der Waals surface area contributed by atoms with Crippen LogP contribution in [0.2, 0.25) is 0 Å². The van der Waals surface area contributed by atoms with Crippen molar-refractivity contribution < 1.29 is 14.3 Å². The van der Waals surface area contributed by atoms with Crippen LogP contribution < -0.4 is 5.32 Å². The largest absolute Gasteiger partial charge is 0.467 e. The molecule has 0 saturated carbocycles. The van der Waals surface area contributed by atoms with Gasteiger partial charge in [0.15, 0.2) is 0 Å². The Balaban J connectivity index is 1.77. The second-order valence-corrected chi connectivity index (χ2v) is 8.44. The third-order valence-corrected chi connectivity index (χ3v) is 6.12. The molecule has 0 spiro atoms. The number of ether oxygens (including phenoxy) is 1. The fourth-order valence-corrected chi connectivity index (χ4v) is 4.54. The number of para-hydroxylation sites is 1. The lowest BCUT2D eigenvalue weighted by Gasteiger charge is -2.17. The number of amides is 1. The van der Waals surface area contributed by atoms with Gasteiger partial charge in [0.05, 0.1) is 27.1 Å². The van der Waals surface area contributed by atoms with Crippen LogP contribution in [0.4, 0.5) is 0 Å². The predicted octanol–water partition coefficient (Wildman–Crippen LogP) is 4.34. The number of aromatic nitrogens is 1. The Kier molecular flexibility index (Phi) is 5.68. The minimum atomic E-state index is -0.638. The maximum atomic E-state index is 12.5. The Bertz CT molecular complexity index is 897. The van der Waals surface area contributed by atoms with Crippen molar-refractivity contribution in [3.63, 3.8) is 0 Å². The van der Waals surface area contributed by atoms with Gasteiger partial charge in [-0.2, -0.15) is 0 Å². The van der Waals surface area contributed by atoms with Crippen molar-refractivity contribution in [2.75, 3.05) is 7.11 Å². The van der Waals surface area contributed by atoms with E-state index in [1.165, 1.54) is 18.4 Å². The second-order valence-electron chi connectivity index (χ2n) is 6.33. The summed E-state index contributed by atoms with van der Waals surface area (Å²) in [5, 5.41) is 3.68. The van der Waals surface area contributed by atoms with Crippen molar-refractivity contribution in [1.29, 1.82) is 0 Å². The Labute approximate surface area is 160 Å². The first-order valence-corrected chi connectivity index (χ1v) is 9.95. The van der Waals surface area contributed by atoms with Gasteiger partial charge >= 0.3 is 5.97 Å². The summed E-state index contributed by atoms with van der Waals surface area (Å²) < 4.78 is 5.91. The minimum Gasteiger partial charge on any atom is -0.467 e. The van der Waals surface area contributed by atoms with Gasteiger partial charge < -0.3 is 10.1 Å². The number of rotatable bonds is 6. The second kappa shape index (κ2) is 7.97. The number of hydrogen-bond donors (Lipinski definition) is 1. The number of benzene rings is 1. The number of hydrogen-bond acceptors (Lipinski definition) is 6. The zero-order chi connectivity index (χ0) is 18.7. The van der Waals surface area contributed by atoms with Crippen LogP contribution in [0.1, 0.15) is 29.9 Å². The predicted molar refractivity (Wildman–Crippen MR) is 106 cm³/mol. The number of thiazole rings is 1. The van der Waals surface area contributed by atoms with Crippen molar-refractivity contribution in [3.8, 4) is 9.88 Å². The van der Waals surface area contributed by atoms with E-state index in [1.54, 1.807) is 17.4 Å². The van der Waals surface area contributed by atoms with Gasteiger partial charge in [0.25, 0.3) is 5.91 Å². The SMILES string of the molecule is COC(=O)C(CC(C)C)NC(=O)c1ccc(-c2nc3ccccc3s2)s1. The number of carbonyl (C=O) groups excluding carboxylic acids is 2. The van der Waals surface area contributed by atoms with E-state index in [1.807, 2.05) is 44.2 Å². The van der Waals surface area contributed by atoms with Crippen LogP contribution in [0.5, 0.6) is 0 Å². The zero-order valence-electron chi connectivity index (χ0n) is 14.8. The summed E-state index contributed by atoms with van der Waals surface area (Å²) in [6.45, 7) is 4.00. The number of carbonyl (C=O) groups is 2. The highest BCUT2D eigenvalue weighted by Gasteiger charge is 2.24. The number of nitrogens with one attached hydrogen (secondary N) is 1. The Morgan fingerprint density at radius 3 is 2.62 bits per heavy atom. The molecule has 1 N–H and O–H groups in total. The molecule has 3 rings (SSSR count). The van der Waals surface area contributed by atoms with E-state index in [0.717, 1.165) is 20.1 Å². The first kappa shape index (κ1) is 18.5. The Hall–Kier alpha value is -2.25. The molecule has 3 aromatic rings. The average molecular weight is 389 g/mol. The molecule has 1 unspecified atom stereocenters. The molecule has 0 aliphatic carbocycles. The molecular weight excluding hydrogens is 368 g/mol. The lowest BCUT2D eigenvalue weighted by atomic mass is 10.0. The number of fused-ring (bicyclic) bond motifs is 1. The van der Waals surface area contributed by atoms with E-state index in [4.69, 9.17) is 4.74 Å². The van der Waals surface area contributed by atoms with Gasteiger partial charge in [-0.25, -0.2) is 9.78 Å². The van der Waals surface area contributed by atoms with E-state index in [-0.39, 0.29) is 11.8 Å². The van der Waals surface area contributed by atoms with E-state index in [0.29, 0.717) is 11.3 Å². The molecule has 0 aliphatic rings. The fraction of sp³-hybridized carbons (Fsp3) is 0.316. The summed E-state index contributed by atoms with van der Waals surface area (Å²) in [5.41, 5.74) is 0.953. The number of nitrogens with zero attached hydrogens (tertiary/aromatic N) is 1. The van der Waals surface area contributed by atoms with Crippen LogP contribution in [-0.2, 0) is 9.53 Å². The molecule has 1 amide bonds. The first-order chi connectivity index (χ1) is 12.5. The van der Waals surface area contributed by atoms with Gasteiger partial charge in [0.2, 0.25) is 0 Å². The maximum absolute atomic E-state index is 12.5. The minimum absolute atomic E-state index is 0.265. The summed E-state index contributed by atoms with van der Waals surface area (Å²) in [4.78, 5) is 30.6. The lowest BCUT2D eigenvalue weighted by molar-refractivity contribution is -0.143. The van der Waals surface area contributed by atoms with E-state index in [2.05, 4.69) is 10.3 Å². The monoisotopic (exact) mass is 388 g/mol. The molecular formula is C19H20N2O3S2. The van der Waals surface area contributed by atoms with Gasteiger partial charge in [0.1, 0.15) is 11.0 Å².